The molecule has 0 aliphatic heterocycles. The number of nitrogens with two attached hydrogens (primary N) is 1. The van der Waals surface area contributed by atoms with Crippen molar-refractivity contribution in [2.24, 2.45) is 5.84 Å². The fraction of sp³-hybridized carbons (Fsp3) is 1.00. The molecule has 7 heavy (non-hydrogen) atoms. The van der Waals surface area contributed by atoms with Crippen LogP contribution in [0.2, 0.25) is 0 Å². The second-order valence-corrected chi connectivity index (χ2v) is 2.32. The zero-order valence-corrected chi connectivity index (χ0v) is 4.77. The summed E-state index contributed by atoms with van der Waals surface area (Å²) in [6, 6.07) is 0.402. The minimum absolute atomic E-state index is 0.0540. The minimum Gasteiger partial charge on any atom is -0.258 e. The second kappa shape index (κ2) is 1.86. The average Bonchev–Trinajstić information content (AvgIpc) is 2.44. The van der Waals surface area contributed by atoms with Crippen molar-refractivity contribution in [1.82, 2.24) is 4.78 Å². The summed E-state index contributed by atoms with van der Waals surface area (Å²) in [6.45, 7) is 0. The minimum atomic E-state index is -0.0540. The van der Waals surface area contributed by atoms with Crippen molar-refractivity contribution in [1.29, 1.82) is 0 Å². The summed E-state index contributed by atoms with van der Waals surface area (Å²) in [5.74, 6) is 5.19. The Hall–Kier alpha value is 0.0200. The predicted molar refractivity (Wildman–Crippen MR) is 26.7 cm³/mol. The first-order chi connectivity index (χ1) is 3.34. The van der Waals surface area contributed by atoms with Crippen LogP contribution in [0, 0.1) is 0 Å². The molecular formula is C3H7N2OP. The second-order valence-electron chi connectivity index (χ2n) is 1.69. The summed E-state index contributed by atoms with van der Waals surface area (Å²) in [5.41, 5.74) is 0. The maximum absolute atomic E-state index is 9.88. The highest BCUT2D eigenvalue weighted by Gasteiger charge is 2.26. The molecule has 0 amide bonds. The Morgan fingerprint density at radius 1 is 1.71 bits per heavy atom. The lowest BCUT2D eigenvalue weighted by molar-refractivity contribution is 0.447. The van der Waals surface area contributed by atoms with Crippen LogP contribution in [0.1, 0.15) is 12.8 Å². The Bertz CT molecular complexity index is 83.0. The van der Waals surface area contributed by atoms with E-state index < -0.39 is 0 Å². The molecule has 0 heterocycles. The van der Waals surface area contributed by atoms with Crippen molar-refractivity contribution in [2.75, 3.05) is 0 Å². The molecule has 0 saturated heterocycles. The van der Waals surface area contributed by atoms with Crippen LogP contribution < -0.4 is 5.84 Å². The van der Waals surface area contributed by atoms with E-state index in [0.29, 0.717) is 6.04 Å². The van der Waals surface area contributed by atoms with E-state index in [0.717, 1.165) is 12.8 Å². The SMILES string of the molecule is NN(P=O)C1CC1. The highest BCUT2D eigenvalue weighted by molar-refractivity contribution is 7.20. The lowest BCUT2D eigenvalue weighted by Crippen LogP contribution is -2.21. The highest BCUT2D eigenvalue weighted by atomic mass is 31.1. The monoisotopic (exact) mass is 118 g/mol. The average molecular weight is 118 g/mol. The zero-order valence-electron chi connectivity index (χ0n) is 3.87. The first kappa shape index (κ1) is 5.16. The van der Waals surface area contributed by atoms with E-state index in [2.05, 4.69) is 0 Å². The Balaban J connectivity index is 2.22. The van der Waals surface area contributed by atoms with Crippen LogP contribution in [0.5, 0.6) is 0 Å². The van der Waals surface area contributed by atoms with Crippen LogP contribution in [0.3, 0.4) is 0 Å². The topological polar surface area (TPSA) is 46.3 Å². The van der Waals surface area contributed by atoms with Crippen molar-refractivity contribution in [3.63, 3.8) is 0 Å². The molecule has 0 spiro atoms. The van der Waals surface area contributed by atoms with E-state index in [-0.39, 0.29) is 8.61 Å². The lowest BCUT2D eigenvalue weighted by Gasteiger charge is -1.99. The van der Waals surface area contributed by atoms with Gasteiger partial charge >= 0.3 is 0 Å². The van der Waals surface area contributed by atoms with Gasteiger partial charge in [-0.05, 0) is 12.8 Å². The van der Waals surface area contributed by atoms with Crippen LogP contribution in [0.25, 0.3) is 0 Å². The normalized spacial score (nSPS) is 21.4. The quantitative estimate of drug-likeness (QED) is 0.327. The number of hydrazine groups is 1. The maximum atomic E-state index is 9.88. The fourth-order valence-electron chi connectivity index (χ4n) is 0.406. The van der Waals surface area contributed by atoms with Gasteiger partial charge in [-0.2, -0.15) is 4.78 Å². The standard InChI is InChI=1S/C3H7N2OP/c4-5(7-6)3-1-2-3/h3H,1-2,4H2. The summed E-state index contributed by atoms with van der Waals surface area (Å²) >= 11 is 0. The van der Waals surface area contributed by atoms with Crippen molar-refractivity contribution in [3.8, 4) is 0 Å². The number of rotatable bonds is 2. The van der Waals surface area contributed by atoms with Crippen LogP contribution in [0.4, 0.5) is 0 Å². The molecule has 0 bridgehead atoms. The molecule has 0 radical (unpaired) electrons. The van der Waals surface area contributed by atoms with Crippen molar-refractivity contribution in [2.45, 2.75) is 18.9 Å². The van der Waals surface area contributed by atoms with E-state index in [9.17, 15) is 4.57 Å². The third-order valence-electron chi connectivity index (χ3n) is 1.02. The van der Waals surface area contributed by atoms with Gasteiger partial charge in [0.25, 0.3) is 8.61 Å². The van der Waals surface area contributed by atoms with Crippen LogP contribution in [-0.4, -0.2) is 10.8 Å². The Morgan fingerprint density at radius 3 is 2.43 bits per heavy atom. The van der Waals surface area contributed by atoms with Gasteiger partial charge in [-0.15, -0.1) is 0 Å². The van der Waals surface area contributed by atoms with Gasteiger partial charge in [0.15, 0.2) is 0 Å². The van der Waals surface area contributed by atoms with Crippen molar-refractivity contribution < 1.29 is 4.57 Å². The van der Waals surface area contributed by atoms with E-state index >= 15 is 0 Å². The van der Waals surface area contributed by atoms with Gasteiger partial charge in [-0.3, -0.25) is 10.4 Å². The van der Waals surface area contributed by atoms with Gasteiger partial charge in [0.2, 0.25) is 0 Å². The van der Waals surface area contributed by atoms with Gasteiger partial charge in [0.05, 0.1) is 0 Å². The zero-order chi connectivity index (χ0) is 5.28. The number of hydrogen-bond donors (Lipinski definition) is 1. The molecular weight excluding hydrogens is 111 g/mol. The molecule has 0 aromatic rings. The molecule has 40 valence electrons. The first-order valence-corrected chi connectivity index (χ1v) is 2.98. The molecule has 1 fully saturated rings. The summed E-state index contributed by atoms with van der Waals surface area (Å²) < 4.78 is 11.2. The molecule has 0 aromatic heterocycles. The number of hydrogen-bond acceptors (Lipinski definition) is 2. The maximum Gasteiger partial charge on any atom is 0.264 e. The molecule has 0 unspecified atom stereocenters. The summed E-state index contributed by atoms with van der Waals surface area (Å²) in [4.78, 5) is 0. The molecule has 1 aliphatic carbocycles. The van der Waals surface area contributed by atoms with E-state index in [4.69, 9.17) is 5.84 Å². The Morgan fingerprint density at radius 2 is 2.29 bits per heavy atom. The molecule has 2 N–H and O–H groups in total. The van der Waals surface area contributed by atoms with Gasteiger partial charge in [-0.1, -0.05) is 0 Å². The lowest BCUT2D eigenvalue weighted by atomic mass is 10.8. The van der Waals surface area contributed by atoms with Gasteiger partial charge in [0, 0.05) is 6.04 Å². The summed E-state index contributed by atoms with van der Waals surface area (Å²) in [5, 5.41) is 0. The van der Waals surface area contributed by atoms with E-state index in [1.165, 1.54) is 4.78 Å². The smallest absolute Gasteiger partial charge is 0.258 e. The summed E-state index contributed by atoms with van der Waals surface area (Å²) in [7, 11) is -0.0540. The summed E-state index contributed by atoms with van der Waals surface area (Å²) in [6.07, 6.45) is 2.21. The van der Waals surface area contributed by atoms with Crippen molar-refractivity contribution in [3.05, 3.63) is 0 Å². The van der Waals surface area contributed by atoms with Crippen LogP contribution >= 0.6 is 8.61 Å². The Labute approximate surface area is 43.7 Å². The highest BCUT2D eigenvalue weighted by Crippen LogP contribution is 2.27. The molecule has 0 aromatic carbocycles. The first-order valence-electron chi connectivity index (χ1n) is 2.22. The molecule has 4 heteroatoms. The van der Waals surface area contributed by atoms with E-state index in [1.54, 1.807) is 0 Å². The Kier molecular flexibility index (Phi) is 1.38. The molecule has 1 aliphatic rings. The fourth-order valence-corrected chi connectivity index (χ4v) is 0.770. The third kappa shape index (κ3) is 1.20. The molecule has 1 rings (SSSR count). The van der Waals surface area contributed by atoms with Gasteiger partial charge in [-0.25, -0.2) is 0 Å². The van der Waals surface area contributed by atoms with Crippen molar-refractivity contribution >= 4 is 8.61 Å². The van der Waals surface area contributed by atoms with Gasteiger partial charge in [0.1, 0.15) is 0 Å². The van der Waals surface area contributed by atoms with Crippen LogP contribution in [0.15, 0.2) is 0 Å². The molecule has 3 nitrogen and oxygen atoms in total. The van der Waals surface area contributed by atoms with Crippen LogP contribution in [-0.2, 0) is 4.57 Å². The largest absolute Gasteiger partial charge is 0.264 e. The number of nitrogens with zero attached hydrogens (tertiary/aromatic N) is 1. The third-order valence-corrected chi connectivity index (χ3v) is 1.53. The predicted octanol–water partition coefficient (Wildman–Crippen LogP) is 0.531. The van der Waals surface area contributed by atoms with Gasteiger partial charge < -0.3 is 0 Å². The molecule has 0 atom stereocenters. The molecule has 1 saturated carbocycles. The van der Waals surface area contributed by atoms with E-state index in [1.807, 2.05) is 0 Å².